The van der Waals surface area contributed by atoms with Crippen molar-refractivity contribution < 1.29 is 19.1 Å². The minimum absolute atomic E-state index is 0.0598. The lowest BCUT2D eigenvalue weighted by atomic mass is 10.1. The van der Waals surface area contributed by atoms with Crippen LogP contribution < -0.4 is 9.47 Å². The zero-order valence-electron chi connectivity index (χ0n) is 16.2. The highest BCUT2D eigenvalue weighted by Crippen LogP contribution is 2.31. The summed E-state index contributed by atoms with van der Waals surface area (Å²) in [5.41, 5.74) is 0.594. The van der Waals surface area contributed by atoms with Crippen LogP contribution in [0.1, 0.15) is 23.2 Å². The summed E-state index contributed by atoms with van der Waals surface area (Å²) in [6.07, 6.45) is 1.26. The van der Waals surface area contributed by atoms with Gasteiger partial charge in [-0.1, -0.05) is 28.1 Å². The van der Waals surface area contributed by atoms with Crippen molar-refractivity contribution in [1.82, 2.24) is 9.80 Å². The average molecular weight is 459 g/mol. The Morgan fingerprint density at radius 1 is 1.14 bits per heavy atom. The number of amides is 2. The minimum atomic E-state index is -0.437. The highest BCUT2D eigenvalue weighted by molar-refractivity contribution is 9.10. The molecule has 2 amide bonds. The maximum absolute atomic E-state index is 13.1. The number of hydrogen-bond acceptors (Lipinski definition) is 4. The van der Waals surface area contributed by atoms with Gasteiger partial charge in [0.2, 0.25) is 5.91 Å². The van der Waals surface area contributed by atoms with Gasteiger partial charge in [-0.15, -0.1) is 0 Å². The van der Waals surface area contributed by atoms with E-state index in [4.69, 9.17) is 9.47 Å². The Hall–Kier alpha value is -2.54. The fourth-order valence-electron chi connectivity index (χ4n) is 3.83. The Kier molecular flexibility index (Phi) is 5.76. The number of fused-ring (bicyclic) bond motifs is 1. The van der Waals surface area contributed by atoms with Crippen molar-refractivity contribution in [3.8, 4) is 11.5 Å². The van der Waals surface area contributed by atoms with Crippen LogP contribution in [0.5, 0.6) is 11.5 Å². The monoisotopic (exact) mass is 458 g/mol. The Morgan fingerprint density at radius 3 is 2.62 bits per heavy atom. The summed E-state index contributed by atoms with van der Waals surface area (Å²) >= 11 is 3.38. The molecular weight excluding hydrogens is 436 g/mol. The number of halogens is 1. The molecule has 2 atom stereocenters. The molecule has 0 radical (unpaired) electrons. The minimum Gasteiger partial charge on any atom is -0.486 e. The molecule has 0 aromatic heterocycles. The smallest absolute Gasteiger partial charge is 0.254 e. The third kappa shape index (κ3) is 4.24. The van der Waals surface area contributed by atoms with Crippen LogP contribution in [0.2, 0.25) is 0 Å². The normalized spacial score (nSPS) is 20.4. The lowest BCUT2D eigenvalue weighted by molar-refractivity contribution is -0.135. The van der Waals surface area contributed by atoms with Crippen molar-refractivity contribution in [2.24, 2.45) is 0 Å². The zero-order chi connectivity index (χ0) is 20.4. The summed E-state index contributed by atoms with van der Waals surface area (Å²) in [7, 11) is 1.76. The number of carbonyl (C=O) groups excluding carboxylic acids is 2. The molecule has 0 aliphatic carbocycles. The zero-order valence-corrected chi connectivity index (χ0v) is 17.8. The fraction of sp³-hybridized carbons (Fsp3) is 0.364. The number of ether oxygens (including phenoxy) is 2. The third-order valence-corrected chi connectivity index (χ3v) is 5.84. The van der Waals surface area contributed by atoms with E-state index in [1.165, 1.54) is 0 Å². The largest absolute Gasteiger partial charge is 0.486 e. The highest BCUT2D eigenvalue weighted by atomic mass is 79.9. The van der Waals surface area contributed by atoms with E-state index in [0.29, 0.717) is 37.4 Å². The third-order valence-electron chi connectivity index (χ3n) is 5.31. The summed E-state index contributed by atoms with van der Waals surface area (Å²) in [6.45, 7) is 1.39. The molecule has 2 aliphatic heterocycles. The van der Waals surface area contributed by atoms with Crippen LogP contribution in [0, 0.1) is 0 Å². The molecule has 0 bridgehead atoms. The van der Waals surface area contributed by atoms with Gasteiger partial charge >= 0.3 is 0 Å². The van der Waals surface area contributed by atoms with Crippen molar-refractivity contribution in [2.45, 2.75) is 25.0 Å². The number of nitrogens with zero attached hydrogens (tertiary/aromatic N) is 2. The van der Waals surface area contributed by atoms with Crippen molar-refractivity contribution in [3.05, 3.63) is 58.6 Å². The first kappa shape index (κ1) is 19.8. The molecule has 2 aromatic rings. The second-order valence-corrected chi connectivity index (χ2v) is 8.30. The first-order valence-corrected chi connectivity index (χ1v) is 10.5. The van der Waals surface area contributed by atoms with E-state index in [1.807, 2.05) is 36.4 Å². The van der Waals surface area contributed by atoms with E-state index in [1.54, 1.807) is 29.0 Å². The molecule has 1 fully saturated rings. The summed E-state index contributed by atoms with van der Waals surface area (Å²) in [6, 6.07) is 14.3. The number of likely N-dealkylation sites (N-methyl/N-ethyl adjacent to an activating group) is 1. The SMILES string of the molecule is CN(CC1COc2ccccc2O1)C(=O)C1CCCN1C(=O)c1ccc(Br)cc1. The maximum Gasteiger partial charge on any atom is 0.254 e. The van der Waals surface area contributed by atoms with Crippen LogP contribution in [-0.2, 0) is 4.79 Å². The van der Waals surface area contributed by atoms with Crippen LogP contribution in [0.25, 0.3) is 0 Å². The molecule has 6 nitrogen and oxygen atoms in total. The van der Waals surface area contributed by atoms with Gasteiger partial charge in [-0.3, -0.25) is 9.59 Å². The van der Waals surface area contributed by atoms with Gasteiger partial charge < -0.3 is 19.3 Å². The first-order valence-electron chi connectivity index (χ1n) is 9.73. The van der Waals surface area contributed by atoms with Gasteiger partial charge in [-0.2, -0.15) is 0 Å². The van der Waals surface area contributed by atoms with E-state index < -0.39 is 6.04 Å². The summed E-state index contributed by atoms with van der Waals surface area (Å²) in [5.74, 6) is 1.25. The molecule has 0 saturated carbocycles. The lowest BCUT2D eigenvalue weighted by Crippen LogP contribution is -2.50. The Morgan fingerprint density at radius 2 is 1.86 bits per heavy atom. The molecule has 2 aromatic carbocycles. The second-order valence-electron chi connectivity index (χ2n) is 7.38. The predicted molar refractivity (Wildman–Crippen MR) is 112 cm³/mol. The fourth-order valence-corrected chi connectivity index (χ4v) is 4.09. The van der Waals surface area contributed by atoms with Crippen LogP contribution >= 0.6 is 15.9 Å². The van der Waals surface area contributed by atoms with Crippen molar-refractivity contribution >= 4 is 27.7 Å². The van der Waals surface area contributed by atoms with Crippen molar-refractivity contribution in [1.29, 1.82) is 0 Å². The molecule has 2 heterocycles. The van der Waals surface area contributed by atoms with Gasteiger partial charge in [-0.05, 0) is 49.2 Å². The molecule has 0 spiro atoms. The Balaban J connectivity index is 1.40. The van der Waals surface area contributed by atoms with Gasteiger partial charge in [0.1, 0.15) is 12.6 Å². The number of para-hydroxylation sites is 2. The van der Waals surface area contributed by atoms with Gasteiger partial charge in [0.05, 0.1) is 6.54 Å². The number of likely N-dealkylation sites (tertiary alicyclic amines) is 1. The van der Waals surface area contributed by atoms with Gasteiger partial charge in [0.25, 0.3) is 5.91 Å². The molecule has 152 valence electrons. The standard InChI is InChI=1S/C22H23BrN2O4/c1-24(13-17-14-28-19-6-2-3-7-20(19)29-17)22(27)18-5-4-12-25(18)21(26)15-8-10-16(23)11-9-15/h2-3,6-11,17-18H,4-5,12-14H2,1H3. The molecular formula is C22H23BrN2O4. The molecule has 0 N–H and O–H groups in total. The van der Waals surface area contributed by atoms with E-state index >= 15 is 0 Å². The quantitative estimate of drug-likeness (QED) is 0.704. The Labute approximate surface area is 178 Å². The van der Waals surface area contributed by atoms with Gasteiger partial charge in [0, 0.05) is 23.6 Å². The maximum atomic E-state index is 13.1. The van der Waals surface area contributed by atoms with Gasteiger partial charge in [-0.25, -0.2) is 0 Å². The van der Waals surface area contributed by atoms with E-state index in [2.05, 4.69) is 15.9 Å². The molecule has 29 heavy (non-hydrogen) atoms. The summed E-state index contributed by atoms with van der Waals surface area (Å²) < 4.78 is 12.6. The highest BCUT2D eigenvalue weighted by Gasteiger charge is 2.37. The molecule has 2 unspecified atom stereocenters. The topological polar surface area (TPSA) is 59.1 Å². The first-order chi connectivity index (χ1) is 14.0. The van der Waals surface area contributed by atoms with Crippen LogP contribution in [0.15, 0.2) is 53.0 Å². The van der Waals surface area contributed by atoms with E-state index in [0.717, 1.165) is 16.6 Å². The van der Waals surface area contributed by atoms with Crippen LogP contribution in [0.3, 0.4) is 0 Å². The van der Waals surface area contributed by atoms with Crippen LogP contribution in [-0.4, -0.2) is 60.5 Å². The molecule has 4 rings (SSSR count). The number of benzene rings is 2. The summed E-state index contributed by atoms with van der Waals surface area (Å²) in [5, 5.41) is 0. The van der Waals surface area contributed by atoms with Gasteiger partial charge in [0.15, 0.2) is 17.6 Å². The van der Waals surface area contributed by atoms with E-state index in [-0.39, 0.29) is 17.9 Å². The predicted octanol–water partition coefficient (Wildman–Crippen LogP) is 3.35. The Bertz CT molecular complexity index is 902. The number of hydrogen-bond donors (Lipinski definition) is 0. The van der Waals surface area contributed by atoms with Crippen molar-refractivity contribution in [2.75, 3.05) is 26.7 Å². The molecule has 2 aliphatic rings. The number of carbonyl (C=O) groups is 2. The van der Waals surface area contributed by atoms with Crippen LogP contribution in [0.4, 0.5) is 0 Å². The van der Waals surface area contributed by atoms with Crippen molar-refractivity contribution in [3.63, 3.8) is 0 Å². The summed E-state index contributed by atoms with van der Waals surface area (Å²) in [4.78, 5) is 29.4. The average Bonchev–Trinajstić information content (AvgIpc) is 3.23. The molecule has 7 heteroatoms. The second kappa shape index (κ2) is 8.45. The van der Waals surface area contributed by atoms with E-state index in [9.17, 15) is 9.59 Å². The molecule has 1 saturated heterocycles. The number of rotatable bonds is 4. The lowest BCUT2D eigenvalue weighted by Gasteiger charge is -2.32.